The summed E-state index contributed by atoms with van der Waals surface area (Å²) >= 11 is 0. The van der Waals surface area contributed by atoms with Gasteiger partial charge in [-0.05, 0) is 112 Å². The van der Waals surface area contributed by atoms with Crippen molar-refractivity contribution in [1.82, 2.24) is 10.6 Å². The summed E-state index contributed by atoms with van der Waals surface area (Å²) in [4.78, 5) is 24.9. The quantitative estimate of drug-likeness (QED) is 0.107. The maximum atomic E-state index is 13.4. The van der Waals surface area contributed by atoms with Gasteiger partial charge in [0.2, 0.25) is 0 Å². The topological polar surface area (TPSA) is 95.1 Å². The van der Waals surface area contributed by atoms with E-state index in [0.29, 0.717) is 28.8 Å². The maximum Gasteiger partial charge on any atom is 0.388 e. The molecule has 0 unspecified atom stereocenters. The molecule has 0 radical (unpaired) electrons. The molecule has 0 bridgehead atoms. The van der Waals surface area contributed by atoms with Crippen molar-refractivity contribution in [2.75, 3.05) is 19.4 Å². The number of nitrogens with one attached hydrogen (secondary N) is 2. The fourth-order valence-corrected chi connectivity index (χ4v) is 23.4. The van der Waals surface area contributed by atoms with Crippen LogP contribution < -0.4 is 25.7 Å². The summed E-state index contributed by atoms with van der Waals surface area (Å²) in [5.41, 5.74) is 1.14. The number of benzene rings is 4. The largest absolute Gasteiger partial charge is 0.457 e. The van der Waals surface area contributed by atoms with E-state index < -0.39 is 33.8 Å². The van der Waals surface area contributed by atoms with Crippen molar-refractivity contribution in [3.8, 4) is 11.5 Å². The van der Waals surface area contributed by atoms with Crippen molar-refractivity contribution in [3.63, 3.8) is 0 Å². The first-order valence-electron chi connectivity index (χ1n) is 16.2. The van der Waals surface area contributed by atoms with Gasteiger partial charge in [0, 0.05) is 23.5 Å². The van der Waals surface area contributed by atoms with Gasteiger partial charge < -0.3 is 27.7 Å². The van der Waals surface area contributed by atoms with Crippen molar-refractivity contribution < 1.29 is 26.7 Å². The Morgan fingerprint density at radius 2 is 1.04 bits per heavy atom. The first kappa shape index (κ1) is 37.3. The number of carbonyl (C=O) groups is 2. The van der Waals surface area contributed by atoms with E-state index in [2.05, 4.69) is 74.2 Å². The smallest absolute Gasteiger partial charge is 0.388 e. The molecule has 12 heteroatoms. The molecule has 4 rings (SSSR count). The Bertz CT molecular complexity index is 1610. The van der Waals surface area contributed by atoms with Crippen molar-refractivity contribution >= 4 is 55.8 Å². The van der Waals surface area contributed by atoms with E-state index in [9.17, 15) is 9.59 Å². The predicted molar refractivity (Wildman–Crippen MR) is 203 cm³/mol. The highest BCUT2D eigenvalue weighted by atomic mass is 28.5. The molecule has 0 aliphatic heterocycles. The second kappa shape index (κ2) is 15.8. The normalized spacial score (nSPS) is 12.4. The average Bonchev–Trinajstić information content (AvgIpc) is 3.04. The van der Waals surface area contributed by atoms with Crippen LogP contribution in [0.3, 0.4) is 0 Å². The first-order valence-corrected chi connectivity index (χ1v) is 27.0. The van der Waals surface area contributed by atoms with Gasteiger partial charge in [0.05, 0.1) is 0 Å². The van der Waals surface area contributed by atoms with Gasteiger partial charge in [0.25, 0.3) is 5.91 Å². The predicted octanol–water partition coefficient (Wildman–Crippen LogP) is 6.13. The van der Waals surface area contributed by atoms with Gasteiger partial charge in [0.15, 0.2) is 22.4 Å². The van der Waals surface area contributed by atoms with Crippen LogP contribution in [0, 0.1) is 0 Å². The number of carbonyl (C=O) groups excluding carboxylic acids is 2. The summed E-state index contributed by atoms with van der Waals surface area (Å²) in [5, 5.41) is 8.44. The van der Waals surface area contributed by atoms with E-state index in [4.69, 9.17) is 17.1 Å². The molecule has 2 N–H and O–H groups in total. The minimum absolute atomic E-state index is 0.000303. The molecule has 0 spiro atoms. The van der Waals surface area contributed by atoms with Crippen molar-refractivity contribution in [2.45, 2.75) is 46.2 Å². The van der Waals surface area contributed by atoms with Crippen LogP contribution in [0.1, 0.15) is 27.6 Å². The van der Waals surface area contributed by atoms with Gasteiger partial charge >= 0.3 is 17.1 Å². The van der Waals surface area contributed by atoms with E-state index >= 15 is 0 Å². The third-order valence-corrected chi connectivity index (χ3v) is 22.6. The van der Waals surface area contributed by atoms with Crippen LogP contribution in [0.25, 0.3) is 0 Å². The third-order valence-electron chi connectivity index (χ3n) is 7.53. The van der Waals surface area contributed by atoms with Crippen LogP contribution in [0.15, 0.2) is 109 Å². The number of hydrogen-bond acceptors (Lipinski definition) is 7. The molecule has 48 heavy (non-hydrogen) atoms. The lowest BCUT2D eigenvalue weighted by Gasteiger charge is -2.44. The fraction of sp³-hybridized carbons (Fsp3) is 0.278. The molecular formula is C36H48N2O6Si4. The zero-order chi connectivity index (χ0) is 35.0. The van der Waals surface area contributed by atoms with Crippen LogP contribution in [0.2, 0.25) is 39.3 Å². The SMILES string of the molecule is CNC[Si](C)(C)O[Si](C)(C)O[Si](O[Si](C)(C)CNC(=O)c1ccc(Oc2ccc(C(C)=O)cc2)cc1)(c1ccccc1)c1ccccc1. The van der Waals surface area contributed by atoms with Gasteiger partial charge in [-0.25, -0.2) is 0 Å². The van der Waals surface area contributed by atoms with E-state index in [1.165, 1.54) is 6.92 Å². The van der Waals surface area contributed by atoms with Crippen molar-refractivity contribution in [1.29, 1.82) is 0 Å². The minimum Gasteiger partial charge on any atom is -0.457 e. The van der Waals surface area contributed by atoms with Crippen LogP contribution in [0.4, 0.5) is 0 Å². The Balaban J connectivity index is 1.55. The number of Topliss-reactive ketones (excluding diaryl/α,β-unsaturated/α-hetero) is 1. The van der Waals surface area contributed by atoms with Crippen molar-refractivity contribution in [2.24, 2.45) is 0 Å². The van der Waals surface area contributed by atoms with Crippen LogP contribution >= 0.6 is 0 Å². The second-order valence-electron chi connectivity index (χ2n) is 13.5. The zero-order valence-electron chi connectivity index (χ0n) is 29.3. The zero-order valence-corrected chi connectivity index (χ0v) is 33.3. The second-order valence-corrected chi connectivity index (χ2v) is 28.9. The Kier molecular flexibility index (Phi) is 12.3. The lowest BCUT2D eigenvalue weighted by Crippen LogP contribution is -2.72. The molecule has 1 amide bonds. The van der Waals surface area contributed by atoms with E-state index in [0.717, 1.165) is 16.5 Å². The molecule has 4 aromatic carbocycles. The first-order chi connectivity index (χ1) is 22.6. The van der Waals surface area contributed by atoms with Gasteiger partial charge in [-0.1, -0.05) is 60.7 Å². The Labute approximate surface area is 289 Å². The summed E-state index contributed by atoms with van der Waals surface area (Å²) in [6, 6.07) is 34.4. The Hall–Kier alpha value is -3.47. The lowest BCUT2D eigenvalue weighted by molar-refractivity contribution is 0.0956. The monoisotopic (exact) mass is 716 g/mol. The summed E-state index contributed by atoms with van der Waals surface area (Å²) in [6.07, 6.45) is 1.19. The third kappa shape index (κ3) is 10.3. The highest BCUT2D eigenvalue weighted by Gasteiger charge is 2.52. The van der Waals surface area contributed by atoms with Crippen molar-refractivity contribution in [3.05, 3.63) is 120 Å². The summed E-state index contributed by atoms with van der Waals surface area (Å²) in [5.74, 6) is 1.01. The number of amides is 1. The summed E-state index contributed by atoms with van der Waals surface area (Å²) in [7, 11) is -8.83. The number of ether oxygens (including phenoxy) is 1. The summed E-state index contributed by atoms with van der Waals surface area (Å²) < 4.78 is 27.5. The number of hydrogen-bond donors (Lipinski definition) is 2. The average molecular weight is 717 g/mol. The minimum atomic E-state index is -3.33. The highest BCUT2D eigenvalue weighted by molar-refractivity contribution is 7.02. The molecule has 0 heterocycles. The van der Waals surface area contributed by atoms with Gasteiger partial charge in [-0.2, -0.15) is 0 Å². The number of ketones is 1. The molecule has 0 fully saturated rings. The standard InChI is InChI=1S/C36H48N2O6Si4/c1-29(39)30-19-23-32(24-20-30)41-33-25-21-31(22-26-33)36(40)38-28-46(5,6)43-48(34-15-11-9-12-16-34,35-17-13-10-14-18-35)44-47(7,8)42-45(3,4)27-37-2/h9-26,37H,27-28H2,1-8H3,(H,38,40). The molecule has 0 saturated carbocycles. The molecule has 254 valence electrons. The Morgan fingerprint density at radius 1 is 0.583 bits per heavy atom. The molecular weight excluding hydrogens is 669 g/mol. The molecule has 4 aromatic rings. The van der Waals surface area contributed by atoms with Crippen LogP contribution in [-0.2, 0) is 12.3 Å². The maximum absolute atomic E-state index is 13.4. The van der Waals surface area contributed by atoms with Gasteiger partial charge in [-0.15, -0.1) is 0 Å². The summed E-state index contributed by atoms with van der Waals surface area (Å²) in [6.45, 7) is 14.4. The molecule has 0 aromatic heterocycles. The van der Waals surface area contributed by atoms with Crippen LogP contribution in [-0.4, -0.2) is 64.8 Å². The molecule has 0 saturated heterocycles. The van der Waals surface area contributed by atoms with Gasteiger partial charge in [-0.3, -0.25) is 9.59 Å². The Morgan fingerprint density at radius 3 is 1.50 bits per heavy atom. The highest BCUT2D eigenvalue weighted by Crippen LogP contribution is 2.25. The van der Waals surface area contributed by atoms with E-state index in [1.54, 1.807) is 48.5 Å². The van der Waals surface area contributed by atoms with Gasteiger partial charge in [0.1, 0.15) is 11.5 Å². The molecule has 8 nitrogen and oxygen atoms in total. The molecule has 0 atom stereocenters. The molecule has 0 aliphatic carbocycles. The molecule has 0 aliphatic rings. The lowest BCUT2D eigenvalue weighted by atomic mass is 10.1. The van der Waals surface area contributed by atoms with Crippen LogP contribution in [0.5, 0.6) is 11.5 Å². The van der Waals surface area contributed by atoms with E-state index in [-0.39, 0.29) is 11.7 Å². The number of rotatable bonds is 16. The fourth-order valence-electron chi connectivity index (χ4n) is 5.62. The van der Waals surface area contributed by atoms with E-state index in [1.807, 2.05) is 43.4 Å².